The van der Waals surface area contributed by atoms with E-state index in [0.29, 0.717) is 44.6 Å². The Bertz CT molecular complexity index is 1740. The lowest BCUT2D eigenvalue weighted by atomic mass is 9.49. The molecule has 0 aliphatic heterocycles. The Kier molecular flexibility index (Phi) is 3.76. The zero-order valence-electron chi connectivity index (χ0n) is 20.7. The first-order valence-electron chi connectivity index (χ1n) is 13.2. The van der Waals surface area contributed by atoms with Crippen molar-refractivity contribution in [1.82, 2.24) is 0 Å². The molecule has 0 N–H and O–H groups in total. The molecule has 11 rings (SSSR count). The predicted octanol–water partition coefficient (Wildman–Crippen LogP) is 3.53. The number of hydrogen-bond acceptors (Lipinski definition) is 6. The summed E-state index contributed by atoms with van der Waals surface area (Å²) in [5, 5.41) is 0. The van der Waals surface area contributed by atoms with Crippen molar-refractivity contribution in [2.24, 2.45) is 0 Å². The van der Waals surface area contributed by atoms with Crippen LogP contribution in [0.2, 0.25) is 0 Å². The van der Waals surface area contributed by atoms with Gasteiger partial charge in [-0.1, -0.05) is 48.5 Å². The van der Waals surface area contributed by atoms with E-state index in [4.69, 9.17) is 0 Å². The van der Waals surface area contributed by atoms with Crippen LogP contribution in [0.4, 0.5) is 0 Å². The average molecular weight is 520 g/mol. The van der Waals surface area contributed by atoms with Gasteiger partial charge in [-0.3, -0.25) is 28.8 Å². The lowest BCUT2D eigenvalue weighted by Crippen LogP contribution is -2.46. The second kappa shape index (κ2) is 6.90. The summed E-state index contributed by atoms with van der Waals surface area (Å²) >= 11 is 0. The van der Waals surface area contributed by atoms with E-state index in [2.05, 4.69) is 0 Å². The van der Waals surface area contributed by atoms with Gasteiger partial charge in [0, 0.05) is 46.0 Å². The minimum atomic E-state index is -0.653. The molecule has 0 amide bonds. The molecule has 0 aromatic heterocycles. The molecule has 0 unspecified atom stereocenters. The van der Waals surface area contributed by atoms with Gasteiger partial charge in [-0.15, -0.1) is 0 Å². The topological polar surface area (TPSA) is 102 Å². The Labute approximate surface area is 226 Å². The second-order valence-electron chi connectivity index (χ2n) is 11.2. The van der Waals surface area contributed by atoms with Crippen LogP contribution in [0.5, 0.6) is 0 Å². The molecule has 0 spiro atoms. The van der Waals surface area contributed by atoms with Crippen molar-refractivity contribution in [3.05, 3.63) is 140 Å². The SMILES string of the molecule is O=C1C=C2C(=CC1=O)[C@H]1C3=C(C(=O)C4=C(C3=O)[C@@H]3C5=CC(=O)C(=O)C=C5[C@H]4c4ccccc43)[C@@H]2c2ccccc21. The number of rotatable bonds is 0. The minimum absolute atomic E-state index is 0.271. The normalized spacial score (nSPS) is 28.7. The Hall–Kier alpha value is -5.10. The van der Waals surface area contributed by atoms with Gasteiger partial charge in [0.1, 0.15) is 0 Å². The third-order valence-corrected chi connectivity index (χ3v) is 9.49. The summed E-state index contributed by atoms with van der Waals surface area (Å²) in [6, 6.07) is 15.1. The Morgan fingerprint density at radius 1 is 0.350 bits per heavy atom. The third-order valence-electron chi connectivity index (χ3n) is 9.49. The summed E-state index contributed by atoms with van der Waals surface area (Å²) in [6.07, 6.45) is 5.31. The van der Waals surface area contributed by atoms with E-state index in [0.717, 1.165) is 22.3 Å². The zero-order valence-corrected chi connectivity index (χ0v) is 20.7. The molecule has 4 atom stereocenters. The van der Waals surface area contributed by atoms with Crippen LogP contribution in [0.25, 0.3) is 0 Å². The van der Waals surface area contributed by atoms with E-state index >= 15 is 0 Å². The van der Waals surface area contributed by atoms with Crippen LogP contribution in [-0.4, -0.2) is 34.7 Å². The fourth-order valence-corrected chi connectivity index (χ4v) is 8.10. The number of ketones is 6. The molecule has 2 aromatic rings. The molecule has 188 valence electrons. The molecule has 0 saturated carbocycles. The number of benzene rings is 2. The zero-order chi connectivity index (χ0) is 27.2. The molecule has 0 saturated heterocycles. The number of carbonyl (C=O) groups excluding carboxylic acids is 6. The lowest BCUT2D eigenvalue weighted by molar-refractivity contribution is -0.131. The smallest absolute Gasteiger partial charge is 0.226 e. The Morgan fingerprint density at radius 2 is 0.575 bits per heavy atom. The molecule has 9 aliphatic rings. The van der Waals surface area contributed by atoms with Gasteiger partial charge in [-0.25, -0.2) is 0 Å². The molecule has 0 heterocycles. The number of Topliss-reactive ketones (excluding diaryl/α,β-unsaturated/α-hetero) is 2. The van der Waals surface area contributed by atoms with E-state index in [9.17, 15) is 28.8 Å². The van der Waals surface area contributed by atoms with Crippen LogP contribution in [0, 0.1) is 0 Å². The van der Waals surface area contributed by atoms with Gasteiger partial charge in [0.15, 0.2) is 11.6 Å². The standard InChI is InChI=1S/C34H16O6/c35-21-9-17-18(10-22(21)36)26-14-6-2-1-5-13(14)25(17)29-30(26)34(40)32-28-16-8-4-3-7-15(16)27(31(32)33(29)39)19-11-23(37)24(38)12-20(19)28/h1-12,25-28H/t25-,26+,27-,28+. The molecule has 6 nitrogen and oxygen atoms in total. The minimum Gasteiger partial charge on any atom is -0.289 e. The van der Waals surface area contributed by atoms with Gasteiger partial charge in [0.25, 0.3) is 0 Å². The number of allylic oxidation sites excluding steroid dienone is 12. The number of carbonyl (C=O) groups is 6. The molecule has 6 heteroatoms. The Morgan fingerprint density at radius 3 is 0.800 bits per heavy atom. The van der Waals surface area contributed by atoms with Crippen LogP contribution >= 0.6 is 0 Å². The van der Waals surface area contributed by atoms with Crippen LogP contribution in [-0.2, 0) is 28.8 Å². The summed E-state index contributed by atoms with van der Waals surface area (Å²) in [7, 11) is 0. The number of hydrogen-bond donors (Lipinski definition) is 0. The molecule has 0 radical (unpaired) electrons. The fraction of sp³-hybridized carbons (Fsp3) is 0.118. The van der Waals surface area contributed by atoms with Crippen LogP contribution in [0.15, 0.2) is 117 Å². The molecular formula is C34H16O6. The summed E-state index contributed by atoms with van der Waals surface area (Å²) in [6.45, 7) is 0. The largest absolute Gasteiger partial charge is 0.289 e. The van der Waals surface area contributed by atoms with Crippen molar-refractivity contribution in [2.45, 2.75) is 23.7 Å². The highest BCUT2D eigenvalue weighted by atomic mass is 16.2. The third kappa shape index (κ3) is 2.29. The lowest BCUT2D eigenvalue weighted by Gasteiger charge is -2.51. The maximum absolute atomic E-state index is 14.7. The quantitative estimate of drug-likeness (QED) is 0.299. The van der Waals surface area contributed by atoms with Gasteiger partial charge in [-0.2, -0.15) is 0 Å². The second-order valence-corrected chi connectivity index (χ2v) is 11.2. The molecule has 9 aliphatic carbocycles. The van der Waals surface area contributed by atoms with Crippen LogP contribution in [0.1, 0.15) is 45.9 Å². The first kappa shape index (κ1) is 21.8. The summed E-state index contributed by atoms with van der Waals surface area (Å²) in [5.74, 6) is -5.73. The monoisotopic (exact) mass is 520 g/mol. The fourth-order valence-electron chi connectivity index (χ4n) is 8.10. The highest BCUT2D eigenvalue weighted by Gasteiger charge is 2.59. The van der Waals surface area contributed by atoms with E-state index < -0.39 is 46.8 Å². The summed E-state index contributed by atoms with van der Waals surface area (Å²) < 4.78 is 0. The van der Waals surface area contributed by atoms with Crippen molar-refractivity contribution in [1.29, 1.82) is 0 Å². The predicted molar refractivity (Wildman–Crippen MR) is 140 cm³/mol. The van der Waals surface area contributed by atoms with Crippen molar-refractivity contribution >= 4 is 34.7 Å². The first-order valence-corrected chi connectivity index (χ1v) is 13.2. The molecule has 2 aromatic carbocycles. The van der Waals surface area contributed by atoms with Gasteiger partial charge in [-0.05, 0) is 68.9 Å². The van der Waals surface area contributed by atoms with Crippen molar-refractivity contribution in [2.75, 3.05) is 0 Å². The molecule has 40 heavy (non-hydrogen) atoms. The van der Waals surface area contributed by atoms with Gasteiger partial charge in [0.2, 0.25) is 23.1 Å². The highest BCUT2D eigenvalue weighted by molar-refractivity contribution is 6.48. The van der Waals surface area contributed by atoms with E-state index in [1.54, 1.807) is 0 Å². The molecule has 4 bridgehead atoms. The Balaban J connectivity index is 1.35. The van der Waals surface area contributed by atoms with Gasteiger partial charge in [0.05, 0.1) is 0 Å². The average Bonchev–Trinajstić information content (AvgIpc) is 2.96. The van der Waals surface area contributed by atoms with E-state index in [-0.39, 0.29) is 11.6 Å². The van der Waals surface area contributed by atoms with E-state index in [1.165, 1.54) is 24.3 Å². The van der Waals surface area contributed by atoms with Crippen molar-refractivity contribution < 1.29 is 28.8 Å². The maximum Gasteiger partial charge on any atom is 0.226 e. The van der Waals surface area contributed by atoms with Crippen molar-refractivity contribution in [3.8, 4) is 0 Å². The van der Waals surface area contributed by atoms with Gasteiger partial charge >= 0.3 is 0 Å². The molecular weight excluding hydrogens is 504 g/mol. The maximum atomic E-state index is 14.7. The van der Waals surface area contributed by atoms with E-state index in [1.807, 2.05) is 48.5 Å². The molecule has 0 fully saturated rings. The highest BCUT2D eigenvalue weighted by Crippen LogP contribution is 2.66. The van der Waals surface area contributed by atoms with Crippen molar-refractivity contribution in [3.63, 3.8) is 0 Å². The van der Waals surface area contributed by atoms with Crippen LogP contribution < -0.4 is 0 Å². The summed E-state index contributed by atoms with van der Waals surface area (Å²) in [4.78, 5) is 79.5. The first-order chi connectivity index (χ1) is 19.4. The van der Waals surface area contributed by atoms with Crippen LogP contribution in [0.3, 0.4) is 0 Å². The van der Waals surface area contributed by atoms with Gasteiger partial charge < -0.3 is 0 Å². The summed E-state index contributed by atoms with van der Waals surface area (Å²) in [5.41, 5.74) is 7.19.